The lowest BCUT2D eigenvalue weighted by Gasteiger charge is -2.33. The van der Waals surface area contributed by atoms with E-state index >= 15 is 0 Å². The molecule has 0 aliphatic heterocycles. The van der Waals surface area contributed by atoms with E-state index in [1.807, 2.05) is 6.92 Å². The van der Waals surface area contributed by atoms with Gasteiger partial charge < -0.3 is 15.0 Å². The molecule has 42 heavy (non-hydrogen) atoms. The highest BCUT2D eigenvalue weighted by Crippen LogP contribution is 2.33. The fourth-order valence-corrected chi connectivity index (χ4v) is 6.53. The van der Waals surface area contributed by atoms with E-state index in [-0.39, 0.29) is 34.5 Å². The van der Waals surface area contributed by atoms with Gasteiger partial charge in [-0.15, -0.1) is 0 Å². The van der Waals surface area contributed by atoms with Gasteiger partial charge >= 0.3 is 0 Å². The molecule has 3 aromatic rings. The molecular weight excluding hydrogens is 621 g/mol. The largest absolute Gasteiger partial charge is 0.495 e. The summed E-state index contributed by atoms with van der Waals surface area (Å²) in [5.74, 6) is -0.643. The van der Waals surface area contributed by atoms with Crippen LogP contribution in [0.2, 0.25) is 15.1 Å². The van der Waals surface area contributed by atoms with E-state index in [0.717, 1.165) is 17.1 Å². The van der Waals surface area contributed by atoms with Crippen molar-refractivity contribution in [2.45, 2.75) is 50.6 Å². The quantitative estimate of drug-likeness (QED) is 0.198. The molecule has 2 amide bonds. The number of carbonyl (C=O) groups is 2. The Kier molecular flexibility index (Phi) is 12.4. The minimum atomic E-state index is -4.24. The number of unbranched alkanes of at least 4 members (excludes halogenated alkanes) is 1. The summed E-state index contributed by atoms with van der Waals surface area (Å²) in [7, 11) is -2.80. The molecule has 12 heteroatoms. The second-order valence-corrected chi connectivity index (χ2v) is 12.5. The third-order valence-electron chi connectivity index (χ3n) is 6.64. The number of benzene rings is 3. The number of amides is 2. The molecule has 1 atom stereocenters. The Balaban J connectivity index is 2.10. The zero-order valence-corrected chi connectivity index (χ0v) is 26.7. The highest BCUT2D eigenvalue weighted by atomic mass is 35.5. The van der Waals surface area contributed by atoms with Crippen molar-refractivity contribution >= 4 is 62.3 Å². The molecule has 3 rings (SSSR count). The molecular formula is C30H34Cl3N3O5S. The van der Waals surface area contributed by atoms with Crippen LogP contribution in [0.25, 0.3) is 0 Å². The van der Waals surface area contributed by atoms with Crippen LogP contribution in [0.15, 0.2) is 71.6 Å². The maximum absolute atomic E-state index is 14.2. The Bertz CT molecular complexity index is 1470. The molecule has 0 spiro atoms. The molecule has 0 saturated heterocycles. The minimum absolute atomic E-state index is 0.0187. The average molecular weight is 655 g/mol. The summed E-state index contributed by atoms with van der Waals surface area (Å²) in [5.41, 5.74) is 0.591. The van der Waals surface area contributed by atoms with E-state index in [9.17, 15) is 18.0 Å². The number of sulfonamides is 1. The second-order valence-electron chi connectivity index (χ2n) is 9.43. The summed E-state index contributed by atoms with van der Waals surface area (Å²) in [4.78, 5) is 28.8. The Morgan fingerprint density at radius 1 is 0.929 bits per heavy atom. The lowest BCUT2D eigenvalue weighted by Crippen LogP contribution is -2.52. The van der Waals surface area contributed by atoms with Crippen molar-refractivity contribution < 1.29 is 22.7 Å². The van der Waals surface area contributed by atoms with Gasteiger partial charge in [0.15, 0.2) is 0 Å². The minimum Gasteiger partial charge on any atom is -0.495 e. The van der Waals surface area contributed by atoms with Gasteiger partial charge in [0.2, 0.25) is 11.8 Å². The maximum Gasteiger partial charge on any atom is 0.264 e. The van der Waals surface area contributed by atoms with Crippen molar-refractivity contribution in [2.75, 3.05) is 24.5 Å². The fraction of sp³-hybridized carbons (Fsp3) is 0.333. The number of carbonyl (C=O) groups excluding carboxylic acids is 2. The Morgan fingerprint density at radius 3 is 2.17 bits per heavy atom. The van der Waals surface area contributed by atoms with E-state index < -0.39 is 28.5 Å². The van der Waals surface area contributed by atoms with Gasteiger partial charge in [0, 0.05) is 28.7 Å². The summed E-state index contributed by atoms with van der Waals surface area (Å²) < 4.78 is 34.1. The maximum atomic E-state index is 14.2. The topological polar surface area (TPSA) is 96.0 Å². The molecule has 1 unspecified atom stereocenters. The van der Waals surface area contributed by atoms with Crippen LogP contribution in [-0.4, -0.2) is 51.4 Å². The van der Waals surface area contributed by atoms with Crippen molar-refractivity contribution in [3.8, 4) is 5.75 Å². The predicted molar refractivity (Wildman–Crippen MR) is 168 cm³/mol. The summed E-state index contributed by atoms with van der Waals surface area (Å²) in [6.45, 7) is 3.49. The summed E-state index contributed by atoms with van der Waals surface area (Å²) >= 11 is 19.3. The van der Waals surface area contributed by atoms with Crippen LogP contribution >= 0.6 is 34.8 Å². The van der Waals surface area contributed by atoms with Gasteiger partial charge in [-0.3, -0.25) is 13.9 Å². The predicted octanol–water partition coefficient (Wildman–Crippen LogP) is 6.57. The van der Waals surface area contributed by atoms with Gasteiger partial charge in [-0.1, -0.05) is 79.3 Å². The molecule has 226 valence electrons. The van der Waals surface area contributed by atoms with Gasteiger partial charge in [0.05, 0.1) is 22.7 Å². The first kappa shape index (κ1) is 33.5. The van der Waals surface area contributed by atoms with E-state index in [1.54, 1.807) is 43.3 Å². The number of hydrogen-bond donors (Lipinski definition) is 1. The van der Waals surface area contributed by atoms with Crippen LogP contribution in [0.5, 0.6) is 5.75 Å². The van der Waals surface area contributed by atoms with Crippen LogP contribution in [0, 0.1) is 0 Å². The summed E-state index contributed by atoms with van der Waals surface area (Å²) in [5, 5.41) is 3.68. The molecule has 0 radical (unpaired) electrons. The Labute approximate surface area is 262 Å². The first-order valence-corrected chi connectivity index (χ1v) is 16.0. The molecule has 0 aliphatic carbocycles. The number of hydrogen-bond acceptors (Lipinski definition) is 5. The van der Waals surface area contributed by atoms with E-state index in [0.29, 0.717) is 27.9 Å². The lowest BCUT2D eigenvalue weighted by atomic mass is 10.1. The van der Waals surface area contributed by atoms with Gasteiger partial charge in [0.25, 0.3) is 10.0 Å². The zero-order valence-electron chi connectivity index (χ0n) is 23.6. The smallest absolute Gasteiger partial charge is 0.264 e. The standard InChI is InChI=1S/C30H34Cl3N3O5S/c1-4-6-17-34-30(38)27(5-2)35(19-23-24(31)13-10-14-25(23)32)29(37)20-36(21-15-16-28(41-3)26(33)18-21)42(39,40)22-11-8-7-9-12-22/h7-16,18,27H,4-6,17,19-20H2,1-3H3,(H,34,38). The molecule has 0 saturated carbocycles. The average Bonchev–Trinajstić information content (AvgIpc) is 2.97. The van der Waals surface area contributed by atoms with Crippen LogP contribution < -0.4 is 14.4 Å². The van der Waals surface area contributed by atoms with Crippen LogP contribution in [0.1, 0.15) is 38.7 Å². The van der Waals surface area contributed by atoms with Crippen LogP contribution in [-0.2, 0) is 26.2 Å². The lowest BCUT2D eigenvalue weighted by molar-refractivity contribution is -0.140. The first-order chi connectivity index (χ1) is 20.0. The van der Waals surface area contributed by atoms with E-state index in [4.69, 9.17) is 39.5 Å². The number of ether oxygens (including phenoxy) is 1. The molecule has 0 heterocycles. The zero-order chi connectivity index (χ0) is 30.9. The van der Waals surface area contributed by atoms with E-state index in [2.05, 4.69) is 5.32 Å². The first-order valence-electron chi connectivity index (χ1n) is 13.5. The highest BCUT2D eigenvalue weighted by molar-refractivity contribution is 7.92. The highest BCUT2D eigenvalue weighted by Gasteiger charge is 2.34. The monoisotopic (exact) mass is 653 g/mol. The van der Waals surface area contributed by atoms with Crippen LogP contribution in [0.3, 0.4) is 0 Å². The van der Waals surface area contributed by atoms with Crippen molar-refractivity contribution in [2.24, 2.45) is 0 Å². The molecule has 3 aromatic carbocycles. The fourth-order valence-electron chi connectivity index (χ4n) is 4.34. The van der Waals surface area contributed by atoms with Gasteiger partial charge in [-0.2, -0.15) is 0 Å². The second kappa shape index (κ2) is 15.5. The van der Waals surface area contributed by atoms with Crippen molar-refractivity contribution in [1.82, 2.24) is 10.2 Å². The van der Waals surface area contributed by atoms with E-state index in [1.165, 1.54) is 42.3 Å². The number of methoxy groups -OCH3 is 1. The van der Waals surface area contributed by atoms with Gasteiger partial charge in [-0.25, -0.2) is 8.42 Å². The van der Waals surface area contributed by atoms with Crippen molar-refractivity contribution in [1.29, 1.82) is 0 Å². The van der Waals surface area contributed by atoms with Gasteiger partial charge in [0.1, 0.15) is 18.3 Å². The number of nitrogens with one attached hydrogen (secondary N) is 1. The number of anilines is 1. The van der Waals surface area contributed by atoms with Crippen molar-refractivity contribution in [3.05, 3.63) is 87.4 Å². The number of halogens is 3. The third-order valence-corrected chi connectivity index (χ3v) is 9.43. The number of rotatable bonds is 14. The molecule has 0 aliphatic rings. The SMILES string of the molecule is CCCCNC(=O)C(CC)N(Cc1c(Cl)cccc1Cl)C(=O)CN(c1ccc(OC)c(Cl)c1)S(=O)(=O)c1ccccc1. The molecule has 0 fully saturated rings. The summed E-state index contributed by atoms with van der Waals surface area (Å²) in [6.07, 6.45) is 1.92. The molecule has 8 nitrogen and oxygen atoms in total. The third kappa shape index (κ3) is 8.10. The molecule has 1 N–H and O–H groups in total. The Morgan fingerprint density at radius 2 is 1.60 bits per heavy atom. The summed E-state index contributed by atoms with van der Waals surface area (Å²) in [6, 6.07) is 16.2. The van der Waals surface area contributed by atoms with Crippen molar-refractivity contribution in [3.63, 3.8) is 0 Å². The van der Waals surface area contributed by atoms with Gasteiger partial charge in [-0.05, 0) is 55.3 Å². The normalized spacial score (nSPS) is 12.0. The number of nitrogens with zero attached hydrogens (tertiary/aromatic N) is 2. The molecule has 0 bridgehead atoms. The van der Waals surface area contributed by atoms with Crippen LogP contribution in [0.4, 0.5) is 5.69 Å². The molecule has 0 aromatic heterocycles. The Hall–Kier alpha value is -2.98.